The third kappa shape index (κ3) is 3.81. The summed E-state index contributed by atoms with van der Waals surface area (Å²) in [5.41, 5.74) is 7.00. The number of nitrogens with two attached hydrogens (primary N) is 1. The molecular formula is C16H25N3O. The van der Waals surface area contributed by atoms with Gasteiger partial charge in [-0.15, -0.1) is 0 Å². The number of nitrogens with zero attached hydrogens (tertiary/aromatic N) is 2. The van der Waals surface area contributed by atoms with Gasteiger partial charge in [-0.2, -0.15) is 0 Å². The van der Waals surface area contributed by atoms with Gasteiger partial charge in [-0.1, -0.05) is 30.3 Å². The van der Waals surface area contributed by atoms with E-state index < -0.39 is 0 Å². The fourth-order valence-corrected chi connectivity index (χ4v) is 2.82. The summed E-state index contributed by atoms with van der Waals surface area (Å²) >= 11 is 0. The lowest BCUT2D eigenvalue weighted by Gasteiger charge is -2.37. The van der Waals surface area contributed by atoms with Gasteiger partial charge in [0.25, 0.3) is 0 Å². The van der Waals surface area contributed by atoms with Gasteiger partial charge >= 0.3 is 0 Å². The van der Waals surface area contributed by atoms with Crippen molar-refractivity contribution in [2.24, 2.45) is 5.73 Å². The Morgan fingerprint density at radius 1 is 1.35 bits per heavy atom. The number of likely N-dealkylation sites (tertiary alicyclic amines) is 1. The van der Waals surface area contributed by atoms with E-state index in [1.165, 1.54) is 5.56 Å². The van der Waals surface area contributed by atoms with E-state index in [1.807, 2.05) is 11.0 Å². The minimum atomic E-state index is -0.381. The van der Waals surface area contributed by atoms with Crippen LogP contribution < -0.4 is 5.73 Å². The van der Waals surface area contributed by atoms with Crippen LogP contribution in [0.1, 0.15) is 25.3 Å². The molecule has 1 fully saturated rings. The van der Waals surface area contributed by atoms with Crippen molar-refractivity contribution < 1.29 is 4.79 Å². The maximum absolute atomic E-state index is 11.9. The molecule has 0 bridgehead atoms. The summed E-state index contributed by atoms with van der Waals surface area (Å²) in [6.07, 6.45) is 2.06. The molecule has 1 heterocycles. The van der Waals surface area contributed by atoms with Gasteiger partial charge < -0.3 is 10.6 Å². The van der Waals surface area contributed by atoms with Crippen LogP contribution in [-0.4, -0.2) is 47.9 Å². The second-order valence-corrected chi connectivity index (χ2v) is 5.75. The zero-order valence-electron chi connectivity index (χ0n) is 12.5. The predicted molar refractivity (Wildman–Crippen MR) is 81.2 cm³/mol. The van der Waals surface area contributed by atoms with Crippen LogP contribution in [0.25, 0.3) is 0 Å². The first-order chi connectivity index (χ1) is 9.58. The number of piperidine rings is 1. The van der Waals surface area contributed by atoms with Gasteiger partial charge in [-0.25, -0.2) is 0 Å². The third-order valence-corrected chi connectivity index (χ3v) is 4.06. The van der Waals surface area contributed by atoms with E-state index in [1.54, 1.807) is 6.92 Å². The normalized spacial score (nSPS) is 18.3. The predicted octanol–water partition coefficient (Wildman–Crippen LogP) is 1.46. The third-order valence-electron chi connectivity index (χ3n) is 4.06. The molecule has 1 saturated heterocycles. The van der Waals surface area contributed by atoms with E-state index in [2.05, 4.69) is 36.2 Å². The van der Waals surface area contributed by atoms with Crippen LogP contribution in [-0.2, 0) is 11.3 Å². The lowest BCUT2D eigenvalue weighted by molar-refractivity contribution is -0.133. The summed E-state index contributed by atoms with van der Waals surface area (Å²) in [4.78, 5) is 16.1. The number of carbonyl (C=O) groups excluding carboxylic acids is 1. The van der Waals surface area contributed by atoms with Crippen LogP contribution in [0, 0.1) is 0 Å². The Balaban J connectivity index is 1.83. The van der Waals surface area contributed by atoms with Crippen molar-refractivity contribution in [2.45, 2.75) is 38.4 Å². The van der Waals surface area contributed by atoms with Crippen LogP contribution in [0.2, 0.25) is 0 Å². The van der Waals surface area contributed by atoms with Gasteiger partial charge in [-0.3, -0.25) is 9.69 Å². The van der Waals surface area contributed by atoms with Gasteiger partial charge in [0.05, 0.1) is 6.04 Å². The van der Waals surface area contributed by atoms with Crippen molar-refractivity contribution >= 4 is 5.91 Å². The smallest absolute Gasteiger partial charge is 0.239 e. The first-order valence-electron chi connectivity index (χ1n) is 7.36. The Morgan fingerprint density at radius 3 is 2.50 bits per heavy atom. The molecule has 2 N–H and O–H groups in total. The van der Waals surface area contributed by atoms with Gasteiger partial charge in [0, 0.05) is 25.7 Å². The number of benzene rings is 1. The molecule has 0 saturated carbocycles. The molecule has 2 rings (SSSR count). The van der Waals surface area contributed by atoms with Crippen molar-refractivity contribution in [1.29, 1.82) is 0 Å². The molecule has 0 spiro atoms. The van der Waals surface area contributed by atoms with Gasteiger partial charge in [0.1, 0.15) is 0 Å². The molecule has 4 heteroatoms. The first-order valence-corrected chi connectivity index (χ1v) is 7.36. The van der Waals surface area contributed by atoms with Crippen molar-refractivity contribution in [3.8, 4) is 0 Å². The van der Waals surface area contributed by atoms with E-state index in [9.17, 15) is 4.79 Å². The molecule has 1 aliphatic rings. The molecule has 0 radical (unpaired) electrons. The standard InChI is InChI=1S/C16H25N3O/c1-13(17)16(20)19-10-8-15(9-11-19)18(2)12-14-6-4-3-5-7-14/h3-7,13,15H,8-12,17H2,1-2H3/t13-/m0/s1. The molecule has 20 heavy (non-hydrogen) atoms. The highest BCUT2D eigenvalue weighted by molar-refractivity contribution is 5.81. The van der Waals surface area contributed by atoms with E-state index in [4.69, 9.17) is 5.73 Å². The van der Waals surface area contributed by atoms with E-state index in [-0.39, 0.29) is 11.9 Å². The van der Waals surface area contributed by atoms with E-state index in [0.29, 0.717) is 6.04 Å². The van der Waals surface area contributed by atoms with Crippen LogP contribution in [0.3, 0.4) is 0 Å². The second kappa shape index (κ2) is 6.86. The topological polar surface area (TPSA) is 49.6 Å². The van der Waals surface area contributed by atoms with Crippen molar-refractivity contribution in [3.05, 3.63) is 35.9 Å². The summed E-state index contributed by atoms with van der Waals surface area (Å²) in [6.45, 7) is 4.37. The Morgan fingerprint density at radius 2 is 1.95 bits per heavy atom. The summed E-state index contributed by atoms with van der Waals surface area (Å²) < 4.78 is 0. The van der Waals surface area contributed by atoms with Gasteiger partial charge in [-0.05, 0) is 32.4 Å². The van der Waals surface area contributed by atoms with Crippen molar-refractivity contribution in [3.63, 3.8) is 0 Å². The first kappa shape index (κ1) is 15.0. The Kier molecular flexibility index (Phi) is 5.15. The van der Waals surface area contributed by atoms with E-state index >= 15 is 0 Å². The van der Waals surface area contributed by atoms with Crippen molar-refractivity contribution in [1.82, 2.24) is 9.80 Å². The van der Waals surface area contributed by atoms with Crippen LogP contribution >= 0.6 is 0 Å². The molecule has 1 atom stereocenters. The maximum atomic E-state index is 11.9. The molecule has 4 nitrogen and oxygen atoms in total. The maximum Gasteiger partial charge on any atom is 0.239 e. The molecule has 1 aliphatic heterocycles. The summed E-state index contributed by atoms with van der Waals surface area (Å²) in [7, 11) is 2.17. The number of amides is 1. The SMILES string of the molecule is C[C@H](N)C(=O)N1CCC(N(C)Cc2ccccc2)CC1. The minimum absolute atomic E-state index is 0.0779. The number of hydrogen-bond acceptors (Lipinski definition) is 3. The van der Waals surface area contributed by atoms with Gasteiger partial charge in [0.2, 0.25) is 5.91 Å². The lowest BCUT2D eigenvalue weighted by atomic mass is 10.0. The number of carbonyl (C=O) groups is 1. The summed E-state index contributed by atoms with van der Waals surface area (Å²) in [5.74, 6) is 0.0779. The quantitative estimate of drug-likeness (QED) is 0.905. The fraction of sp³-hybridized carbons (Fsp3) is 0.562. The van der Waals surface area contributed by atoms with Crippen molar-refractivity contribution in [2.75, 3.05) is 20.1 Å². The lowest BCUT2D eigenvalue weighted by Crippen LogP contribution is -2.49. The average molecular weight is 275 g/mol. The molecule has 1 aromatic carbocycles. The average Bonchev–Trinajstić information content (AvgIpc) is 2.47. The molecule has 0 aromatic heterocycles. The molecular weight excluding hydrogens is 250 g/mol. The molecule has 110 valence electrons. The summed E-state index contributed by atoms with van der Waals surface area (Å²) in [6, 6.07) is 10.7. The number of rotatable bonds is 4. The van der Waals surface area contributed by atoms with Crippen LogP contribution in [0.4, 0.5) is 0 Å². The highest BCUT2D eigenvalue weighted by Gasteiger charge is 2.26. The molecule has 1 amide bonds. The van der Waals surface area contributed by atoms with E-state index in [0.717, 1.165) is 32.5 Å². The highest BCUT2D eigenvalue weighted by atomic mass is 16.2. The van der Waals surface area contributed by atoms with Crippen LogP contribution in [0.15, 0.2) is 30.3 Å². The monoisotopic (exact) mass is 275 g/mol. The largest absolute Gasteiger partial charge is 0.341 e. The zero-order valence-corrected chi connectivity index (χ0v) is 12.5. The second-order valence-electron chi connectivity index (χ2n) is 5.75. The minimum Gasteiger partial charge on any atom is -0.341 e. The zero-order chi connectivity index (χ0) is 14.5. The Labute approximate surface area is 121 Å². The Hall–Kier alpha value is -1.39. The Bertz CT molecular complexity index is 425. The molecule has 1 aromatic rings. The summed E-state index contributed by atoms with van der Waals surface area (Å²) in [5, 5.41) is 0. The molecule has 0 aliphatic carbocycles. The highest BCUT2D eigenvalue weighted by Crippen LogP contribution is 2.18. The number of hydrogen-bond donors (Lipinski definition) is 1. The van der Waals surface area contributed by atoms with Crippen LogP contribution in [0.5, 0.6) is 0 Å². The molecule has 0 unspecified atom stereocenters. The van der Waals surface area contributed by atoms with Gasteiger partial charge in [0.15, 0.2) is 0 Å². The fourth-order valence-electron chi connectivity index (χ4n) is 2.82.